The number of methoxy groups -OCH3 is 3. The van der Waals surface area contributed by atoms with Crippen LogP contribution in [0.25, 0.3) is 0 Å². The summed E-state index contributed by atoms with van der Waals surface area (Å²) in [6.45, 7) is 0.417. The van der Waals surface area contributed by atoms with Crippen molar-refractivity contribution in [3.8, 4) is 5.75 Å². The maximum atomic E-state index is 12.9. The molecule has 31 heavy (non-hydrogen) atoms. The summed E-state index contributed by atoms with van der Waals surface area (Å²) in [6, 6.07) is 15.8. The van der Waals surface area contributed by atoms with Gasteiger partial charge in [-0.25, -0.2) is 4.79 Å². The van der Waals surface area contributed by atoms with Crippen LogP contribution >= 0.6 is 0 Å². The Morgan fingerprint density at radius 2 is 1.74 bits per heavy atom. The van der Waals surface area contributed by atoms with Crippen molar-refractivity contribution < 1.29 is 28.6 Å². The Morgan fingerprint density at radius 3 is 2.35 bits per heavy atom. The lowest BCUT2D eigenvalue weighted by Gasteiger charge is -2.50. The molecule has 162 valence electrons. The van der Waals surface area contributed by atoms with Gasteiger partial charge in [0.05, 0.1) is 32.4 Å². The van der Waals surface area contributed by atoms with Crippen molar-refractivity contribution in [3.63, 3.8) is 0 Å². The number of esters is 1. The van der Waals surface area contributed by atoms with Gasteiger partial charge in [-0.1, -0.05) is 30.3 Å². The molecule has 2 aliphatic rings. The molecule has 1 amide bonds. The van der Waals surface area contributed by atoms with Crippen LogP contribution in [0, 0.1) is 0 Å². The number of carbonyl (C=O) groups is 2. The highest BCUT2D eigenvalue weighted by Gasteiger charge is 2.57. The molecule has 2 aromatic rings. The van der Waals surface area contributed by atoms with Crippen molar-refractivity contribution in [1.82, 2.24) is 5.06 Å². The van der Waals surface area contributed by atoms with Crippen LogP contribution < -0.4 is 9.64 Å². The number of anilines is 1. The quantitative estimate of drug-likeness (QED) is 0.499. The zero-order chi connectivity index (χ0) is 22.0. The van der Waals surface area contributed by atoms with Crippen LogP contribution in [-0.2, 0) is 30.4 Å². The lowest BCUT2D eigenvalue weighted by atomic mass is 9.85. The van der Waals surface area contributed by atoms with Gasteiger partial charge in [-0.3, -0.25) is 4.79 Å². The molecular formula is C23H24N2O6. The van der Waals surface area contributed by atoms with Gasteiger partial charge in [0.1, 0.15) is 18.1 Å². The van der Waals surface area contributed by atoms with Gasteiger partial charge in [0.25, 0.3) is 5.91 Å². The van der Waals surface area contributed by atoms with Crippen molar-refractivity contribution >= 4 is 17.6 Å². The number of β-lactam (4-membered cyclic amide) rings is 1. The molecule has 2 aromatic carbocycles. The topological polar surface area (TPSA) is 77.5 Å². The standard InChI is InChI=1S/C23H24N2O6/c1-28-17-11-9-16(10-12-17)25-20(21(29-2)22(25)26)19-18(23(27)30-3)14-31-24(19)13-15-7-5-4-6-8-15/h4-12,14,19-21H,13H2,1-3H3/t19-,20+,21-/m1/s1. The number of hydrogen-bond donors (Lipinski definition) is 0. The smallest absolute Gasteiger partial charge is 0.338 e. The molecule has 0 aliphatic carbocycles. The molecule has 0 saturated carbocycles. The molecule has 8 heteroatoms. The Bertz CT molecular complexity index is 975. The molecule has 0 N–H and O–H groups in total. The molecule has 2 heterocycles. The number of rotatable bonds is 7. The zero-order valence-corrected chi connectivity index (χ0v) is 17.6. The summed E-state index contributed by atoms with van der Waals surface area (Å²) in [7, 11) is 4.39. The van der Waals surface area contributed by atoms with E-state index in [4.69, 9.17) is 19.0 Å². The number of hydroxylamine groups is 2. The van der Waals surface area contributed by atoms with Gasteiger partial charge >= 0.3 is 5.97 Å². The lowest BCUT2D eigenvalue weighted by molar-refractivity contribution is -0.158. The van der Waals surface area contributed by atoms with Gasteiger partial charge < -0.3 is 23.9 Å². The highest BCUT2D eigenvalue weighted by atomic mass is 16.7. The molecule has 3 atom stereocenters. The first-order valence-corrected chi connectivity index (χ1v) is 9.84. The number of nitrogens with zero attached hydrogens (tertiary/aromatic N) is 2. The van der Waals surface area contributed by atoms with Crippen molar-refractivity contribution in [1.29, 1.82) is 0 Å². The first-order chi connectivity index (χ1) is 15.1. The van der Waals surface area contributed by atoms with Crippen molar-refractivity contribution in [2.45, 2.75) is 24.7 Å². The van der Waals surface area contributed by atoms with Gasteiger partial charge in [0.2, 0.25) is 0 Å². The van der Waals surface area contributed by atoms with Crippen LogP contribution in [0.3, 0.4) is 0 Å². The highest BCUT2D eigenvalue weighted by molar-refractivity contribution is 6.06. The average Bonchev–Trinajstić information content (AvgIpc) is 3.20. The molecule has 2 aliphatic heterocycles. The fourth-order valence-electron chi connectivity index (χ4n) is 4.03. The van der Waals surface area contributed by atoms with Crippen LogP contribution in [0.1, 0.15) is 5.56 Å². The predicted octanol–water partition coefficient (Wildman–Crippen LogP) is 2.30. The molecule has 0 unspecified atom stereocenters. The largest absolute Gasteiger partial charge is 0.497 e. The van der Waals surface area contributed by atoms with Crippen molar-refractivity contribution in [2.24, 2.45) is 0 Å². The van der Waals surface area contributed by atoms with Gasteiger partial charge in [0, 0.05) is 12.8 Å². The maximum Gasteiger partial charge on any atom is 0.338 e. The minimum Gasteiger partial charge on any atom is -0.497 e. The monoisotopic (exact) mass is 424 g/mol. The van der Waals surface area contributed by atoms with Crippen molar-refractivity contribution in [3.05, 3.63) is 72.0 Å². The summed E-state index contributed by atoms with van der Waals surface area (Å²) in [5.41, 5.74) is 2.01. The minimum atomic E-state index is -0.722. The Labute approximate surface area is 180 Å². The van der Waals surface area contributed by atoms with Crippen LogP contribution in [0.15, 0.2) is 66.4 Å². The number of carbonyl (C=O) groups excluding carboxylic acids is 2. The van der Waals surface area contributed by atoms with E-state index in [1.54, 1.807) is 41.3 Å². The summed E-state index contributed by atoms with van der Waals surface area (Å²) < 4.78 is 15.7. The number of ether oxygens (including phenoxy) is 3. The van der Waals surface area contributed by atoms with Crippen LogP contribution in [0.5, 0.6) is 5.75 Å². The van der Waals surface area contributed by atoms with E-state index in [-0.39, 0.29) is 5.91 Å². The molecular weight excluding hydrogens is 400 g/mol. The van der Waals surface area contributed by atoms with E-state index in [1.165, 1.54) is 20.5 Å². The van der Waals surface area contributed by atoms with Crippen LogP contribution in [0.2, 0.25) is 0 Å². The van der Waals surface area contributed by atoms with E-state index in [0.29, 0.717) is 23.6 Å². The average molecular weight is 424 g/mol. The number of benzene rings is 2. The van der Waals surface area contributed by atoms with E-state index in [0.717, 1.165) is 5.56 Å². The molecule has 0 aromatic heterocycles. The first-order valence-electron chi connectivity index (χ1n) is 9.84. The molecule has 0 bridgehead atoms. The van der Waals surface area contributed by atoms with Gasteiger partial charge in [-0.15, -0.1) is 5.06 Å². The van der Waals surface area contributed by atoms with Gasteiger partial charge in [0.15, 0.2) is 6.10 Å². The third-order valence-electron chi connectivity index (χ3n) is 5.56. The van der Waals surface area contributed by atoms with Crippen LogP contribution in [-0.4, -0.2) is 56.5 Å². The number of hydrogen-bond acceptors (Lipinski definition) is 7. The second-order valence-corrected chi connectivity index (χ2v) is 7.23. The number of amides is 1. The Hall–Kier alpha value is -3.36. The van der Waals surface area contributed by atoms with E-state index in [9.17, 15) is 9.59 Å². The van der Waals surface area contributed by atoms with E-state index in [1.807, 2.05) is 30.3 Å². The Kier molecular flexibility index (Phi) is 5.92. The SMILES string of the molecule is COC(=O)C1=CON(Cc2ccccc2)[C@H]1[C@H]1[C@@H](OC)C(=O)N1c1ccc(OC)cc1. The third kappa shape index (κ3) is 3.75. The van der Waals surface area contributed by atoms with Crippen molar-refractivity contribution in [2.75, 3.05) is 26.2 Å². The second kappa shape index (κ2) is 8.79. The summed E-state index contributed by atoms with van der Waals surface area (Å²) in [6.07, 6.45) is 0.668. The maximum absolute atomic E-state index is 12.9. The highest BCUT2D eigenvalue weighted by Crippen LogP contribution is 2.39. The lowest BCUT2D eigenvalue weighted by Crippen LogP contribution is -2.72. The Balaban J connectivity index is 1.69. The Morgan fingerprint density at radius 1 is 1.03 bits per heavy atom. The molecule has 8 nitrogen and oxygen atoms in total. The summed E-state index contributed by atoms with van der Waals surface area (Å²) >= 11 is 0. The van der Waals surface area contributed by atoms with E-state index in [2.05, 4.69) is 0 Å². The minimum absolute atomic E-state index is 0.187. The van der Waals surface area contributed by atoms with E-state index < -0.39 is 24.2 Å². The first kappa shape index (κ1) is 20.9. The molecule has 1 fully saturated rings. The summed E-state index contributed by atoms with van der Waals surface area (Å²) in [5, 5.41) is 1.68. The van der Waals surface area contributed by atoms with Gasteiger partial charge in [-0.2, -0.15) is 0 Å². The summed E-state index contributed by atoms with van der Waals surface area (Å²) in [5.74, 6) is -0.0144. The zero-order valence-electron chi connectivity index (χ0n) is 17.6. The fraction of sp³-hybridized carbons (Fsp3) is 0.304. The third-order valence-corrected chi connectivity index (χ3v) is 5.56. The van der Waals surface area contributed by atoms with Crippen LogP contribution in [0.4, 0.5) is 5.69 Å². The molecule has 4 rings (SSSR count). The fourth-order valence-corrected chi connectivity index (χ4v) is 4.03. The normalized spacial score (nSPS) is 23.1. The predicted molar refractivity (Wildman–Crippen MR) is 112 cm³/mol. The molecule has 0 radical (unpaired) electrons. The summed E-state index contributed by atoms with van der Waals surface area (Å²) in [4.78, 5) is 32.8. The molecule has 1 saturated heterocycles. The van der Waals surface area contributed by atoms with Gasteiger partial charge in [-0.05, 0) is 29.8 Å². The van der Waals surface area contributed by atoms with E-state index >= 15 is 0 Å². The second-order valence-electron chi connectivity index (χ2n) is 7.23. The molecule has 0 spiro atoms.